The van der Waals surface area contributed by atoms with Gasteiger partial charge in [0.05, 0.1) is 17.2 Å². The Morgan fingerprint density at radius 1 is 1.29 bits per heavy atom. The van der Waals surface area contributed by atoms with Crippen molar-refractivity contribution in [1.82, 2.24) is 9.55 Å². The van der Waals surface area contributed by atoms with Crippen LogP contribution in [0.3, 0.4) is 0 Å². The minimum Gasteiger partial charge on any atom is -0.308 e. The number of fused-ring (bicyclic) bond motifs is 1. The fraction of sp³-hybridized carbons (Fsp3) is 0.385. The van der Waals surface area contributed by atoms with E-state index < -0.39 is 0 Å². The van der Waals surface area contributed by atoms with Crippen molar-refractivity contribution in [2.24, 2.45) is 7.05 Å². The van der Waals surface area contributed by atoms with Gasteiger partial charge < -0.3 is 4.57 Å². The van der Waals surface area contributed by atoms with Gasteiger partial charge in [0.25, 0.3) is 5.56 Å². The summed E-state index contributed by atoms with van der Waals surface area (Å²) in [5, 5.41) is 0. The maximum atomic E-state index is 14.0. The third-order valence-electron chi connectivity index (χ3n) is 2.84. The van der Waals surface area contributed by atoms with Gasteiger partial charge in [-0.2, -0.15) is 0 Å². The first kappa shape index (κ1) is 11.8. The monoisotopic (exact) mass is 234 g/mol. The predicted octanol–water partition coefficient (Wildman–Crippen LogP) is 2.37. The summed E-state index contributed by atoms with van der Waals surface area (Å²) in [6, 6.07) is 3.00. The molecule has 0 aliphatic heterocycles. The normalized spacial score (nSPS) is 12.1. The fourth-order valence-corrected chi connectivity index (χ4v) is 2.03. The van der Waals surface area contributed by atoms with Gasteiger partial charge in [0, 0.05) is 12.6 Å². The Morgan fingerprint density at radius 2 is 1.94 bits per heavy atom. The van der Waals surface area contributed by atoms with Crippen LogP contribution >= 0.6 is 0 Å². The van der Waals surface area contributed by atoms with Crippen LogP contribution in [0.4, 0.5) is 4.39 Å². The summed E-state index contributed by atoms with van der Waals surface area (Å²) in [4.78, 5) is 15.7. The molecule has 1 aromatic heterocycles. The topological polar surface area (TPSA) is 34.9 Å². The summed E-state index contributed by atoms with van der Waals surface area (Å²) in [5.41, 5.74) is 1.14. The molecular weight excluding hydrogens is 219 g/mol. The van der Waals surface area contributed by atoms with Crippen molar-refractivity contribution >= 4 is 11.0 Å². The lowest BCUT2D eigenvalue weighted by Crippen LogP contribution is -2.22. The molecule has 0 fully saturated rings. The summed E-state index contributed by atoms with van der Waals surface area (Å²) < 4.78 is 15.4. The van der Waals surface area contributed by atoms with Crippen molar-refractivity contribution in [3.8, 4) is 0 Å². The molecule has 2 rings (SSSR count). The standard InChI is InChI=1S/C13H15FN2O/c1-13(2,3)11-8(14)5-6-9-12(11)16(4)10(17)7-15-9/h5-7H,1-4H3. The molecule has 0 aliphatic carbocycles. The zero-order valence-electron chi connectivity index (χ0n) is 10.4. The zero-order chi connectivity index (χ0) is 12.8. The maximum absolute atomic E-state index is 14.0. The zero-order valence-corrected chi connectivity index (χ0v) is 10.4. The average molecular weight is 234 g/mol. The van der Waals surface area contributed by atoms with Gasteiger partial charge >= 0.3 is 0 Å². The first-order valence-electron chi connectivity index (χ1n) is 5.47. The van der Waals surface area contributed by atoms with E-state index in [0.29, 0.717) is 16.6 Å². The second-order valence-electron chi connectivity index (χ2n) is 5.20. The Balaban J connectivity index is 3.04. The van der Waals surface area contributed by atoms with Gasteiger partial charge in [-0.15, -0.1) is 0 Å². The third kappa shape index (κ3) is 1.84. The van der Waals surface area contributed by atoms with Gasteiger partial charge in [-0.25, -0.2) is 9.37 Å². The van der Waals surface area contributed by atoms with E-state index in [0.717, 1.165) is 0 Å². The van der Waals surface area contributed by atoms with Crippen LogP contribution in [0.25, 0.3) is 11.0 Å². The van der Waals surface area contributed by atoms with Gasteiger partial charge in [0.2, 0.25) is 0 Å². The molecule has 0 saturated carbocycles. The first-order chi connectivity index (χ1) is 7.82. The van der Waals surface area contributed by atoms with Gasteiger partial charge in [-0.3, -0.25) is 4.79 Å². The van der Waals surface area contributed by atoms with Gasteiger partial charge in [-0.1, -0.05) is 20.8 Å². The van der Waals surface area contributed by atoms with E-state index in [1.165, 1.54) is 16.8 Å². The SMILES string of the molecule is Cn1c(=O)cnc2ccc(F)c(C(C)(C)C)c21. The van der Waals surface area contributed by atoms with Crippen molar-refractivity contribution in [1.29, 1.82) is 0 Å². The molecule has 0 spiro atoms. The second-order valence-corrected chi connectivity index (χ2v) is 5.20. The molecule has 1 heterocycles. The van der Waals surface area contributed by atoms with Crippen LogP contribution in [0, 0.1) is 5.82 Å². The first-order valence-corrected chi connectivity index (χ1v) is 5.47. The smallest absolute Gasteiger partial charge is 0.269 e. The Morgan fingerprint density at radius 3 is 2.53 bits per heavy atom. The van der Waals surface area contributed by atoms with Gasteiger partial charge in [0.15, 0.2) is 0 Å². The number of halogens is 1. The van der Waals surface area contributed by atoms with Crippen LogP contribution in [-0.2, 0) is 12.5 Å². The third-order valence-corrected chi connectivity index (χ3v) is 2.84. The highest BCUT2D eigenvalue weighted by Crippen LogP contribution is 2.30. The molecule has 2 aromatic rings. The number of rotatable bonds is 0. The van der Waals surface area contributed by atoms with Gasteiger partial charge in [-0.05, 0) is 17.5 Å². The van der Waals surface area contributed by atoms with Crippen LogP contribution in [0.5, 0.6) is 0 Å². The molecule has 0 aliphatic rings. The number of benzene rings is 1. The fourth-order valence-electron chi connectivity index (χ4n) is 2.03. The molecule has 0 radical (unpaired) electrons. The van der Waals surface area contributed by atoms with E-state index in [2.05, 4.69) is 4.98 Å². The average Bonchev–Trinajstić information content (AvgIpc) is 2.22. The maximum Gasteiger partial charge on any atom is 0.269 e. The van der Waals surface area contributed by atoms with E-state index >= 15 is 0 Å². The summed E-state index contributed by atoms with van der Waals surface area (Å²) in [7, 11) is 1.64. The molecule has 3 nitrogen and oxygen atoms in total. The van der Waals surface area contributed by atoms with E-state index in [1.807, 2.05) is 20.8 Å². The molecule has 0 unspecified atom stereocenters. The van der Waals surface area contributed by atoms with Gasteiger partial charge in [0.1, 0.15) is 5.82 Å². The lowest BCUT2D eigenvalue weighted by molar-refractivity contribution is 0.525. The second kappa shape index (κ2) is 3.65. The number of hydrogen-bond acceptors (Lipinski definition) is 2. The van der Waals surface area contributed by atoms with E-state index in [9.17, 15) is 9.18 Å². The lowest BCUT2D eigenvalue weighted by Gasteiger charge is -2.22. The quantitative estimate of drug-likeness (QED) is 0.701. The van der Waals surface area contributed by atoms with E-state index in [4.69, 9.17) is 0 Å². The Bertz CT molecular complexity index is 638. The van der Waals surface area contributed by atoms with E-state index in [1.54, 1.807) is 13.1 Å². The van der Waals surface area contributed by atoms with Crippen molar-refractivity contribution in [3.05, 3.63) is 40.1 Å². The summed E-state index contributed by atoms with van der Waals surface area (Å²) >= 11 is 0. The molecule has 17 heavy (non-hydrogen) atoms. The van der Waals surface area contributed by atoms with Crippen molar-refractivity contribution in [3.63, 3.8) is 0 Å². The lowest BCUT2D eigenvalue weighted by atomic mass is 9.85. The highest BCUT2D eigenvalue weighted by atomic mass is 19.1. The van der Waals surface area contributed by atoms with Crippen LogP contribution in [-0.4, -0.2) is 9.55 Å². The number of nitrogens with zero attached hydrogens (tertiary/aromatic N) is 2. The molecule has 90 valence electrons. The van der Waals surface area contributed by atoms with Crippen LogP contribution < -0.4 is 5.56 Å². The molecule has 0 atom stereocenters. The summed E-state index contributed by atoms with van der Waals surface area (Å²) in [6.45, 7) is 5.76. The van der Waals surface area contributed by atoms with Crippen molar-refractivity contribution < 1.29 is 4.39 Å². The van der Waals surface area contributed by atoms with Crippen molar-refractivity contribution in [2.45, 2.75) is 26.2 Å². The molecular formula is C13H15FN2O. The highest BCUT2D eigenvalue weighted by Gasteiger charge is 2.23. The van der Waals surface area contributed by atoms with Crippen molar-refractivity contribution in [2.75, 3.05) is 0 Å². The number of aromatic nitrogens is 2. The highest BCUT2D eigenvalue weighted by molar-refractivity contribution is 5.79. The minimum absolute atomic E-state index is 0.228. The minimum atomic E-state index is -0.378. The Kier molecular flexibility index (Phi) is 2.53. The molecule has 0 saturated heterocycles. The predicted molar refractivity (Wildman–Crippen MR) is 65.6 cm³/mol. The molecule has 0 bridgehead atoms. The Hall–Kier alpha value is -1.71. The molecule has 1 aromatic carbocycles. The molecule has 0 N–H and O–H groups in total. The largest absolute Gasteiger partial charge is 0.308 e. The van der Waals surface area contributed by atoms with Crippen LogP contribution in [0.15, 0.2) is 23.1 Å². The number of aryl methyl sites for hydroxylation is 1. The van der Waals surface area contributed by atoms with Crippen LogP contribution in [0.2, 0.25) is 0 Å². The number of hydrogen-bond donors (Lipinski definition) is 0. The molecule has 0 amide bonds. The Labute approximate surface area is 98.9 Å². The van der Waals surface area contributed by atoms with Crippen LogP contribution in [0.1, 0.15) is 26.3 Å². The van der Waals surface area contributed by atoms with E-state index in [-0.39, 0.29) is 16.8 Å². The summed E-state index contributed by atoms with van der Waals surface area (Å²) in [6.07, 6.45) is 1.26. The molecule has 4 heteroatoms. The summed E-state index contributed by atoms with van der Waals surface area (Å²) in [5.74, 6) is -0.298.